The van der Waals surface area contributed by atoms with Crippen LogP contribution in [0.5, 0.6) is 0 Å². The molecule has 0 spiro atoms. The molecule has 5 N–H and O–H groups in total. The summed E-state index contributed by atoms with van der Waals surface area (Å²) >= 11 is 10.2. The van der Waals surface area contributed by atoms with Crippen LogP contribution in [0.4, 0.5) is 16.0 Å². The Bertz CT molecular complexity index is 1840. The Balaban J connectivity index is 1.20. The van der Waals surface area contributed by atoms with Crippen molar-refractivity contribution >= 4 is 71.5 Å². The summed E-state index contributed by atoms with van der Waals surface area (Å²) in [5, 5.41) is 11.1. The van der Waals surface area contributed by atoms with E-state index in [4.69, 9.17) is 63.1 Å². The van der Waals surface area contributed by atoms with E-state index in [-0.39, 0.29) is 34.0 Å². The first-order valence-electron chi connectivity index (χ1n) is 12.7. The van der Waals surface area contributed by atoms with E-state index in [9.17, 15) is 14.6 Å². The van der Waals surface area contributed by atoms with Crippen LogP contribution in [0, 0.1) is 0 Å². The summed E-state index contributed by atoms with van der Waals surface area (Å²) in [7, 11) is 0. The van der Waals surface area contributed by atoms with Crippen molar-refractivity contribution in [2.45, 2.75) is 49.1 Å². The molecular weight excluding hydrogens is 669 g/mol. The van der Waals surface area contributed by atoms with E-state index < -0.39 is 75.9 Å². The van der Waals surface area contributed by atoms with Crippen molar-refractivity contribution in [1.82, 2.24) is 39.0 Å². The SMILES string of the molecule is Nc1ncnc2c1ncn2[C@@H]1O[C@@H]2COP(=O)([S-])O[C@@H]3[C@H](O)[C@@H](COP([O-])(=S)O[C@H]2[C@H]1F)O[C@H]3n1cnc2c(N)ncnc21. The monoisotopic (exact) mass is 690 g/mol. The van der Waals surface area contributed by atoms with Gasteiger partial charge in [0.1, 0.15) is 60.9 Å². The molecule has 3 aliphatic heterocycles. The number of anilines is 2. The number of aliphatic hydroxyl groups excluding tert-OH is 1. The number of nitrogens with two attached hydrogens (primary N) is 2. The molecule has 10 atom stereocenters. The lowest BCUT2D eigenvalue weighted by atomic mass is 10.1. The highest BCUT2D eigenvalue weighted by Crippen LogP contribution is 2.54. The van der Waals surface area contributed by atoms with Crippen LogP contribution in [0.15, 0.2) is 25.3 Å². The van der Waals surface area contributed by atoms with Crippen LogP contribution in [0.3, 0.4) is 0 Å². The van der Waals surface area contributed by atoms with E-state index in [1.165, 1.54) is 28.1 Å². The Kier molecular flexibility index (Phi) is 7.63. The van der Waals surface area contributed by atoms with Gasteiger partial charge in [-0.2, -0.15) is 0 Å². The fourth-order valence-electron chi connectivity index (χ4n) is 5.17. The number of aliphatic hydroxyl groups is 1. The Morgan fingerprint density at radius 2 is 1.48 bits per heavy atom. The van der Waals surface area contributed by atoms with Crippen molar-refractivity contribution in [3.8, 4) is 0 Å². The van der Waals surface area contributed by atoms with Gasteiger partial charge in [-0.25, -0.2) is 34.3 Å². The number of aromatic nitrogens is 8. The number of hydrogen-bond acceptors (Lipinski definition) is 19. The van der Waals surface area contributed by atoms with Gasteiger partial charge in [0.2, 0.25) is 6.80 Å². The normalized spacial score (nSPS) is 38.3. The predicted octanol–water partition coefficient (Wildman–Crippen LogP) is -0.619. The Hall–Kier alpha value is -2.46. The van der Waals surface area contributed by atoms with E-state index in [0.717, 1.165) is 6.33 Å². The molecule has 44 heavy (non-hydrogen) atoms. The maximum absolute atomic E-state index is 16.0. The molecule has 0 aromatic carbocycles. The number of imidazole rings is 2. The lowest BCUT2D eigenvalue weighted by molar-refractivity contribution is -0.216. The summed E-state index contributed by atoms with van der Waals surface area (Å²) in [6, 6.07) is 0. The van der Waals surface area contributed by atoms with Crippen molar-refractivity contribution in [1.29, 1.82) is 0 Å². The number of fused-ring (bicyclic) bond motifs is 5. The van der Waals surface area contributed by atoms with Crippen molar-refractivity contribution in [2.75, 3.05) is 24.7 Å². The zero-order valence-corrected chi connectivity index (χ0v) is 25.3. The molecule has 3 aliphatic rings. The summed E-state index contributed by atoms with van der Waals surface area (Å²) in [5.41, 5.74) is 12.5. The molecule has 2 unspecified atom stereocenters. The predicted molar refractivity (Wildman–Crippen MR) is 149 cm³/mol. The molecule has 0 radical (unpaired) electrons. The molecule has 3 saturated heterocycles. The number of nitrogen functional groups attached to an aromatic ring is 2. The van der Waals surface area contributed by atoms with Crippen LogP contribution in [-0.4, -0.2) is 94.0 Å². The van der Waals surface area contributed by atoms with Crippen LogP contribution in [0.1, 0.15) is 12.5 Å². The number of hydrogen-bond donors (Lipinski definition) is 3. The highest BCUT2D eigenvalue weighted by Gasteiger charge is 2.51. The van der Waals surface area contributed by atoms with Crippen molar-refractivity contribution in [2.24, 2.45) is 0 Å². The number of halogens is 1. The van der Waals surface area contributed by atoms with Crippen molar-refractivity contribution in [3.05, 3.63) is 25.3 Å². The van der Waals surface area contributed by atoms with Gasteiger partial charge in [-0.3, -0.25) is 13.7 Å². The fourth-order valence-corrected chi connectivity index (χ4v) is 7.99. The summed E-state index contributed by atoms with van der Waals surface area (Å²) in [4.78, 5) is 37.5. The number of alkyl halides is 1. The summed E-state index contributed by atoms with van der Waals surface area (Å²) in [6.45, 7) is -10.2. The van der Waals surface area contributed by atoms with Crippen LogP contribution in [0.25, 0.3) is 22.3 Å². The second-order valence-corrected chi connectivity index (χ2v) is 15.3. The second-order valence-electron chi connectivity index (χ2n) is 9.86. The molecule has 7 heterocycles. The van der Waals surface area contributed by atoms with Gasteiger partial charge in [0.25, 0.3) is 0 Å². The third kappa shape index (κ3) is 5.27. The second kappa shape index (κ2) is 11.1. The highest BCUT2D eigenvalue weighted by molar-refractivity contribution is 8.32. The van der Waals surface area contributed by atoms with Gasteiger partial charge >= 0.3 is 0 Å². The molecule has 3 fully saturated rings. The molecule has 236 valence electrons. The zero-order valence-electron chi connectivity index (χ0n) is 21.9. The largest absolute Gasteiger partial charge is 0.780 e. The minimum atomic E-state index is -4.48. The van der Waals surface area contributed by atoms with Crippen LogP contribution in [0.2, 0.25) is 0 Å². The van der Waals surface area contributed by atoms with Gasteiger partial charge < -0.3 is 61.3 Å². The summed E-state index contributed by atoms with van der Waals surface area (Å²) in [5.74, 6) is 0.123. The highest BCUT2D eigenvalue weighted by atomic mass is 32.7. The minimum absolute atomic E-state index is 0.0499. The molecule has 4 aromatic heterocycles. The summed E-state index contributed by atoms with van der Waals surface area (Å²) < 4.78 is 65.6. The minimum Gasteiger partial charge on any atom is -0.780 e. The van der Waals surface area contributed by atoms with E-state index >= 15 is 4.39 Å². The van der Waals surface area contributed by atoms with Gasteiger partial charge in [-0.15, -0.1) is 0 Å². The standard InChI is InChI=1S/C20H23FN10O9P2S2/c21-9-13-8(38-19(9)30-5-28-10-15(22)24-3-26-17(10)30)2-36-42(34,44)40-14-12(32)7(1-35-41(33,43)39-13)37-20(14)31-6-29-11-16(23)25-4-27-18(11)31/h3-9,12-14,19-20,32H,1-2H2,(H,33,43)(H,34,44)(H2,22,24,26)(H2,23,25,27)/p-2/t7-,8-,9-,12-,13-,14-,19-,20-,41?,42?/m1/s1. The molecule has 0 amide bonds. The van der Waals surface area contributed by atoms with Crippen molar-refractivity contribution < 1.29 is 46.5 Å². The number of nitrogens with zero attached hydrogens (tertiary/aromatic N) is 8. The van der Waals surface area contributed by atoms with Crippen molar-refractivity contribution in [3.63, 3.8) is 0 Å². The first kappa shape index (κ1) is 30.2. The first-order valence-corrected chi connectivity index (χ1v) is 17.8. The van der Waals surface area contributed by atoms with Gasteiger partial charge in [0.15, 0.2) is 41.6 Å². The van der Waals surface area contributed by atoms with Gasteiger partial charge in [0.05, 0.1) is 25.9 Å². The van der Waals surface area contributed by atoms with Gasteiger partial charge in [-0.05, 0) is 0 Å². The van der Waals surface area contributed by atoms with E-state index in [0.29, 0.717) is 0 Å². The Morgan fingerprint density at radius 1 is 0.909 bits per heavy atom. The lowest BCUT2D eigenvalue weighted by Gasteiger charge is -2.34. The average molecular weight is 691 g/mol. The first-order chi connectivity index (χ1) is 20.9. The fraction of sp³-hybridized carbons (Fsp3) is 0.500. The van der Waals surface area contributed by atoms with E-state index in [1.54, 1.807) is 0 Å². The number of rotatable bonds is 2. The topological polar surface area (TPSA) is 255 Å². The van der Waals surface area contributed by atoms with E-state index in [2.05, 4.69) is 29.9 Å². The average Bonchev–Trinajstić information content (AvgIpc) is 3.73. The summed E-state index contributed by atoms with van der Waals surface area (Å²) in [6.07, 6.45) is -7.19. The zero-order chi connectivity index (χ0) is 31.0. The van der Waals surface area contributed by atoms with Crippen LogP contribution >= 0.6 is 13.5 Å². The van der Waals surface area contributed by atoms with Crippen LogP contribution < -0.4 is 16.4 Å². The maximum Gasteiger partial charge on any atom is 0.200 e. The lowest BCUT2D eigenvalue weighted by Crippen LogP contribution is -2.36. The molecule has 19 nitrogen and oxygen atoms in total. The Morgan fingerprint density at radius 3 is 2.11 bits per heavy atom. The molecule has 0 saturated carbocycles. The molecule has 0 aliphatic carbocycles. The van der Waals surface area contributed by atoms with Crippen LogP contribution in [-0.2, 0) is 56.2 Å². The smallest absolute Gasteiger partial charge is 0.200 e. The van der Waals surface area contributed by atoms with Gasteiger partial charge in [-0.1, -0.05) is 11.8 Å². The number of ether oxygens (including phenoxy) is 2. The molecule has 4 aromatic rings. The van der Waals surface area contributed by atoms with E-state index in [1.807, 2.05) is 0 Å². The maximum atomic E-state index is 16.0. The molecule has 2 bridgehead atoms. The molecule has 7 rings (SSSR count). The third-order valence-corrected chi connectivity index (χ3v) is 10.3. The van der Waals surface area contributed by atoms with Gasteiger partial charge in [0, 0.05) is 0 Å². The molecule has 24 heteroatoms. The quantitative estimate of drug-likeness (QED) is 0.175. The third-order valence-electron chi connectivity index (χ3n) is 7.20. The Labute approximate surface area is 256 Å². The molecular formula is C20H21FN10O9P2S2-2.